The van der Waals surface area contributed by atoms with E-state index in [2.05, 4.69) is 15.6 Å². The molecule has 0 aliphatic rings. The average Bonchev–Trinajstić information content (AvgIpc) is 2.79. The monoisotopic (exact) mass is 569 g/mol. The molecule has 0 radical (unpaired) electrons. The van der Waals surface area contributed by atoms with E-state index in [1.807, 2.05) is 13.8 Å². The molecule has 206 valence electrons. The second-order valence-corrected chi connectivity index (χ2v) is 8.34. The molecule has 1 heterocycles. The van der Waals surface area contributed by atoms with Crippen LogP contribution in [-0.2, 0) is 17.9 Å². The Morgan fingerprint density at radius 2 is 1.92 bits per heavy atom. The van der Waals surface area contributed by atoms with Gasteiger partial charge in [0.2, 0.25) is 5.91 Å². The van der Waals surface area contributed by atoms with E-state index in [4.69, 9.17) is 21.6 Å². The molecule has 14 heteroatoms. The van der Waals surface area contributed by atoms with Gasteiger partial charge >= 0.3 is 0 Å². The van der Waals surface area contributed by atoms with E-state index in [0.29, 0.717) is 22.7 Å². The van der Waals surface area contributed by atoms with E-state index in [1.165, 1.54) is 23.9 Å². The minimum absolute atomic E-state index is 0. The first-order valence-corrected chi connectivity index (χ1v) is 10.9. The van der Waals surface area contributed by atoms with Crippen molar-refractivity contribution in [2.45, 2.75) is 33.0 Å². The van der Waals surface area contributed by atoms with Crippen molar-refractivity contribution in [3.05, 3.63) is 63.8 Å². The topological polar surface area (TPSA) is 181 Å². The van der Waals surface area contributed by atoms with Crippen LogP contribution >= 0.6 is 24.8 Å². The van der Waals surface area contributed by atoms with Gasteiger partial charge < -0.3 is 31.9 Å². The highest BCUT2D eigenvalue weighted by atomic mass is 35.5. The molecular weight excluding hydrogens is 540 g/mol. The second-order valence-electron chi connectivity index (χ2n) is 8.34. The number of carbonyl (C=O) groups excluding carboxylic acids is 1. The maximum atomic E-state index is 14.2. The van der Waals surface area contributed by atoms with Crippen LogP contribution in [0.4, 0.5) is 15.9 Å². The van der Waals surface area contributed by atoms with Crippen LogP contribution < -0.4 is 32.4 Å². The van der Waals surface area contributed by atoms with Crippen molar-refractivity contribution < 1.29 is 19.0 Å². The van der Waals surface area contributed by atoms with E-state index in [9.17, 15) is 19.1 Å². The highest BCUT2D eigenvalue weighted by Crippen LogP contribution is 2.27. The number of ether oxygens (including phenoxy) is 1. The fourth-order valence-electron chi connectivity index (χ4n) is 3.55. The smallest absolute Gasteiger partial charge is 0.294 e. The normalized spacial score (nSPS) is 10.2. The Hall–Kier alpha value is -4.03. The van der Waals surface area contributed by atoms with Gasteiger partial charge in [-0.15, -0.1) is 24.8 Å². The number of phenols is 1. The number of amidine groups is 1. The van der Waals surface area contributed by atoms with Crippen LogP contribution in [-0.4, -0.2) is 39.6 Å². The van der Waals surface area contributed by atoms with E-state index in [-0.39, 0.29) is 55.3 Å². The second kappa shape index (κ2) is 13.5. The molecule has 0 fully saturated rings. The number of nitrogens with two attached hydrogens (primary N) is 2. The lowest BCUT2D eigenvalue weighted by Crippen LogP contribution is -2.35. The lowest BCUT2D eigenvalue weighted by atomic mass is 10.1. The predicted molar refractivity (Wildman–Crippen MR) is 149 cm³/mol. The van der Waals surface area contributed by atoms with Crippen LogP contribution in [0.2, 0.25) is 0 Å². The Kier molecular flexibility index (Phi) is 11.4. The molecule has 3 aromatic rings. The third-order valence-corrected chi connectivity index (χ3v) is 5.13. The molecule has 0 spiro atoms. The first-order chi connectivity index (χ1) is 17.0. The number of rotatable bonds is 9. The summed E-state index contributed by atoms with van der Waals surface area (Å²) in [5.41, 5.74) is 11.8. The average molecular weight is 570 g/mol. The van der Waals surface area contributed by atoms with Gasteiger partial charge in [0.05, 0.1) is 24.6 Å². The molecule has 8 N–H and O–H groups in total. The molecule has 38 heavy (non-hydrogen) atoms. The number of aromatic hydroxyl groups is 1. The summed E-state index contributed by atoms with van der Waals surface area (Å²) < 4.78 is 20.7. The van der Waals surface area contributed by atoms with Gasteiger partial charge in [0.15, 0.2) is 5.82 Å². The minimum Gasteiger partial charge on any atom is -0.507 e. The number of benzene rings is 2. The van der Waals surface area contributed by atoms with Gasteiger partial charge in [-0.3, -0.25) is 19.6 Å². The Labute approximate surface area is 230 Å². The molecule has 2 aromatic carbocycles. The molecule has 11 nitrogen and oxygen atoms in total. The number of carbonyl (C=O) groups is 1. The molecule has 0 aliphatic heterocycles. The van der Waals surface area contributed by atoms with E-state index < -0.39 is 34.4 Å². The van der Waals surface area contributed by atoms with Crippen LogP contribution in [0.5, 0.6) is 11.5 Å². The quantitative estimate of drug-likeness (QED) is 0.129. The summed E-state index contributed by atoms with van der Waals surface area (Å²) in [5.74, 6) is -2.03. The predicted octanol–water partition coefficient (Wildman–Crippen LogP) is 2.61. The fourth-order valence-corrected chi connectivity index (χ4v) is 3.55. The zero-order valence-electron chi connectivity index (χ0n) is 20.9. The summed E-state index contributed by atoms with van der Waals surface area (Å²) in [5, 5.41) is 22.9. The van der Waals surface area contributed by atoms with Gasteiger partial charge in [-0.1, -0.05) is 0 Å². The van der Waals surface area contributed by atoms with E-state index >= 15 is 0 Å². The van der Waals surface area contributed by atoms with Gasteiger partial charge in [0, 0.05) is 29.9 Å². The largest absolute Gasteiger partial charge is 0.507 e. The van der Waals surface area contributed by atoms with E-state index in [1.54, 1.807) is 18.2 Å². The van der Waals surface area contributed by atoms with Crippen molar-refractivity contribution >= 4 is 48.1 Å². The van der Waals surface area contributed by atoms with Gasteiger partial charge in [0.1, 0.15) is 29.7 Å². The SMILES string of the molecule is COc1cc(N)cc(-c2cnc(NC(C)C)c(=O)n2CC(=O)NCc2cc(O)c(C(=N)N)c(F)c2)c1.Cl.Cl. The van der Waals surface area contributed by atoms with Crippen LogP contribution in [0.1, 0.15) is 25.0 Å². The lowest BCUT2D eigenvalue weighted by Gasteiger charge is -2.17. The summed E-state index contributed by atoms with van der Waals surface area (Å²) in [6.45, 7) is 3.18. The van der Waals surface area contributed by atoms with Crippen LogP contribution in [0.3, 0.4) is 0 Å². The third kappa shape index (κ3) is 7.49. The maximum Gasteiger partial charge on any atom is 0.294 e. The number of halogens is 3. The lowest BCUT2D eigenvalue weighted by molar-refractivity contribution is -0.121. The van der Waals surface area contributed by atoms with Crippen molar-refractivity contribution in [1.82, 2.24) is 14.9 Å². The highest BCUT2D eigenvalue weighted by Gasteiger charge is 2.18. The molecule has 0 aliphatic carbocycles. The first-order valence-electron chi connectivity index (χ1n) is 10.9. The number of hydrogen-bond donors (Lipinski definition) is 6. The Bertz CT molecular complexity index is 1360. The van der Waals surface area contributed by atoms with Gasteiger partial charge in [-0.05, 0) is 43.7 Å². The highest BCUT2D eigenvalue weighted by molar-refractivity contribution is 5.97. The number of phenolic OH excluding ortho intramolecular Hbond substituents is 1. The molecule has 0 atom stereocenters. The van der Waals surface area contributed by atoms with Crippen molar-refractivity contribution in [2.75, 3.05) is 18.2 Å². The number of anilines is 2. The molecule has 0 unspecified atom stereocenters. The molecule has 0 saturated carbocycles. The number of nitrogens with zero attached hydrogens (tertiary/aromatic N) is 2. The van der Waals surface area contributed by atoms with Crippen molar-refractivity contribution in [1.29, 1.82) is 5.41 Å². The zero-order valence-corrected chi connectivity index (χ0v) is 22.5. The summed E-state index contributed by atoms with van der Waals surface area (Å²) in [6, 6.07) is 7.10. The van der Waals surface area contributed by atoms with Crippen LogP contribution in [0.25, 0.3) is 11.3 Å². The number of hydrogen-bond acceptors (Lipinski definition) is 8. The number of methoxy groups -OCH3 is 1. The number of nitrogen functional groups attached to an aromatic ring is 2. The van der Waals surface area contributed by atoms with Gasteiger partial charge in [0.25, 0.3) is 5.56 Å². The number of aromatic nitrogens is 2. The van der Waals surface area contributed by atoms with Crippen molar-refractivity contribution in [2.24, 2.45) is 5.73 Å². The molecule has 1 aromatic heterocycles. The van der Waals surface area contributed by atoms with Crippen LogP contribution in [0, 0.1) is 11.2 Å². The van der Waals surface area contributed by atoms with Crippen molar-refractivity contribution in [3.8, 4) is 22.8 Å². The maximum absolute atomic E-state index is 14.2. The zero-order chi connectivity index (χ0) is 26.6. The van der Waals surface area contributed by atoms with E-state index in [0.717, 1.165) is 6.07 Å². The Morgan fingerprint density at radius 3 is 2.50 bits per heavy atom. The summed E-state index contributed by atoms with van der Waals surface area (Å²) in [7, 11) is 1.48. The van der Waals surface area contributed by atoms with Gasteiger partial charge in [-0.25, -0.2) is 9.37 Å². The Balaban J connectivity index is 0.00000361. The molecule has 0 saturated heterocycles. The molecular formula is C24H30Cl2FN7O4. The Morgan fingerprint density at radius 1 is 1.24 bits per heavy atom. The molecule has 3 rings (SSSR count). The summed E-state index contributed by atoms with van der Waals surface area (Å²) >= 11 is 0. The first kappa shape index (κ1) is 32.0. The fraction of sp³-hybridized carbons (Fsp3) is 0.250. The molecule has 1 amide bonds. The van der Waals surface area contributed by atoms with Crippen LogP contribution in [0.15, 0.2) is 41.3 Å². The minimum atomic E-state index is -0.889. The number of amides is 1. The van der Waals surface area contributed by atoms with Crippen molar-refractivity contribution in [3.63, 3.8) is 0 Å². The number of nitrogens with one attached hydrogen (secondary N) is 3. The standard InChI is InChI=1S/C24H28FN7O4.2ClH/c1-12(2)31-23-24(35)32(18(10-30-23)14-6-15(26)8-16(7-14)36-3)11-20(34)29-9-13-4-17(25)21(22(27)28)19(33)5-13;;/h4-8,10,12,33H,9,11,26H2,1-3H3,(H3,27,28)(H,29,34)(H,30,31);2*1H. The third-order valence-electron chi connectivity index (χ3n) is 5.13. The summed E-state index contributed by atoms with van der Waals surface area (Å²) in [4.78, 5) is 30.3. The van der Waals surface area contributed by atoms with Gasteiger partial charge in [-0.2, -0.15) is 0 Å². The molecule has 0 bridgehead atoms. The summed E-state index contributed by atoms with van der Waals surface area (Å²) in [6.07, 6.45) is 1.46.